The van der Waals surface area contributed by atoms with Gasteiger partial charge in [-0.2, -0.15) is 0 Å². The molecule has 2 aromatic rings. The van der Waals surface area contributed by atoms with Gasteiger partial charge in [-0.3, -0.25) is 4.79 Å². The molecule has 0 fully saturated rings. The lowest BCUT2D eigenvalue weighted by atomic mass is 9.82. The molecule has 1 aromatic heterocycles. The number of carboxylic acid groups (broad SMARTS) is 1. The summed E-state index contributed by atoms with van der Waals surface area (Å²) < 4.78 is 2.05. The number of carbonyl (C=O) groups is 1. The average molecular weight is 305 g/mol. The molecule has 0 saturated carbocycles. The lowest BCUT2D eigenvalue weighted by Gasteiger charge is -2.25. The maximum atomic E-state index is 11.5. The van der Waals surface area contributed by atoms with E-state index in [1.54, 1.807) is 0 Å². The van der Waals surface area contributed by atoms with Gasteiger partial charge in [0.1, 0.15) is 5.82 Å². The Morgan fingerprint density at radius 2 is 2.19 bits per heavy atom. The number of rotatable bonds is 3. The average Bonchev–Trinajstić information content (AvgIpc) is 2.87. The topological polar surface area (TPSA) is 55.1 Å². The lowest BCUT2D eigenvalue weighted by molar-refractivity contribution is -0.142. The monoisotopic (exact) mass is 304 g/mol. The number of nitrogens with zero attached hydrogens (tertiary/aromatic N) is 2. The number of hydrogen-bond acceptors (Lipinski definition) is 2. The Hall–Kier alpha value is -1.81. The third-order valence-corrected chi connectivity index (χ3v) is 4.45. The molecule has 0 saturated heterocycles. The van der Waals surface area contributed by atoms with E-state index >= 15 is 0 Å². The Balaban J connectivity index is 2.17. The van der Waals surface area contributed by atoms with Crippen molar-refractivity contribution < 1.29 is 9.90 Å². The van der Waals surface area contributed by atoms with Crippen molar-refractivity contribution in [1.82, 2.24) is 9.55 Å². The third-order valence-electron chi connectivity index (χ3n) is 4.14. The van der Waals surface area contributed by atoms with Crippen LogP contribution in [0.5, 0.6) is 0 Å². The second kappa shape index (κ2) is 5.53. The largest absolute Gasteiger partial charge is 0.481 e. The zero-order valence-corrected chi connectivity index (χ0v) is 12.5. The van der Waals surface area contributed by atoms with Gasteiger partial charge in [-0.1, -0.05) is 29.8 Å². The normalized spacial score (nSPS) is 21.8. The fourth-order valence-corrected chi connectivity index (χ4v) is 3.41. The molecule has 2 atom stereocenters. The first-order valence-corrected chi connectivity index (χ1v) is 7.53. The van der Waals surface area contributed by atoms with Crippen LogP contribution in [-0.4, -0.2) is 20.6 Å². The molecular formula is C16H17ClN2O2. The molecule has 0 aliphatic heterocycles. The maximum Gasteiger partial charge on any atom is 0.307 e. The number of aromatic nitrogens is 2. The highest BCUT2D eigenvalue weighted by molar-refractivity contribution is 6.35. The highest BCUT2D eigenvalue weighted by Crippen LogP contribution is 2.37. The van der Waals surface area contributed by atoms with E-state index in [0.717, 1.165) is 23.4 Å². The number of fused-ring (bicyclic) bond motifs is 1. The van der Waals surface area contributed by atoms with Gasteiger partial charge in [-0.25, -0.2) is 4.98 Å². The molecular weight excluding hydrogens is 288 g/mol. The van der Waals surface area contributed by atoms with Crippen LogP contribution in [0.15, 0.2) is 30.4 Å². The van der Waals surface area contributed by atoms with E-state index in [1.165, 1.54) is 0 Å². The van der Waals surface area contributed by atoms with Crippen LogP contribution in [-0.2, 0) is 11.3 Å². The van der Waals surface area contributed by atoms with Crippen molar-refractivity contribution >= 4 is 28.6 Å². The zero-order valence-electron chi connectivity index (χ0n) is 11.8. The first kappa shape index (κ1) is 14.1. The van der Waals surface area contributed by atoms with Gasteiger partial charge < -0.3 is 9.67 Å². The van der Waals surface area contributed by atoms with Gasteiger partial charge >= 0.3 is 5.97 Å². The number of para-hydroxylation sites is 1. The van der Waals surface area contributed by atoms with E-state index in [-0.39, 0.29) is 5.92 Å². The number of carboxylic acids is 1. The van der Waals surface area contributed by atoms with Crippen molar-refractivity contribution in [3.05, 3.63) is 41.2 Å². The Labute approximate surface area is 128 Å². The van der Waals surface area contributed by atoms with Crippen molar-refractivity contribution in [2.75, 3.05) is 0 Å². The number of imidazole rings is 1. The summed E-state index contributed by atoms with van der Waals surface area (Å²) in [6, 6.07) is 5.64. The Bertz CT molecular complexity index is 720. The smallest absolute Gasteiger partial charge is 0.307 e. The molecule has 5 heteroatoms. The molecule has 0 amide bonds. The summed E-state index contributed by atoms with van der Waals surface area (Å²) in [6.45, 7) is 2.75. The van der Waals surface area contributed by atoms with Crippen molar-refractivity contribution in [3.63, 3.8) is 0 Å². The van der Waals surface area contributed by atoms with Crippen LogP contribution in [0.1, 0.15) is 31.5 Å². The van der Waals surface area contributed by atoms with Crippen LogP contribution in [0.3, 0.4) is 0 Å². The predicted octanol–water partition coefficient (Wildman–Crippen LogP) is 3.84. The molecule has 110 valence electrons. The van der Waals surface area contributed by atoms with Crippen LogP contribution in [0.4, 0.5) is 0 Å². The molecule has 2 unspecified atom stereocenters. The van der Waals surface area contributed by atoms with Crippen LogP contribution < -0.4 is 0 Å². The van der Waals surface area contributed by atoms with Crippen molar-refractivity contribution in [3.8, 4) is 0 Å². The van der Waals surface area contributed by atoms with Crippen LogP contribution in [0, 0.1) is 5.92 Å². The minimum atomic E-state index is -0.759. The Morgan fingerprint density at radius 1 is 1.43 bits per heavy atom. The van der Waals surface area contributed by atoms with E-state index in [9.17, 15) is 9.90 Å². The Morgan fingerprint density at radius 3 is 2.90 bits per heavy atom. The number of aryl methyl sites for hydroxylation is 1. The molecule has 3 rings (SSSR count). The zero-order chi connectivity index (χ0) is 15.0. The molecule has 1 aliphatic carbocycles. The van der Waals surface area contributed by atoms with E-state index < -0.39 is 11.9 Å². The van der Waals surface area contributed by atoms with Crippen molar-refractivity contribution in [2.24, 2.45) is 5.92 Å². The minimum Gasteiger partial charge on any atom is -0.481 e. The number of allylic oxidation sites excluding steroid dienone is 2. The van der Waals surface area contributed by atoms with Crippen molar-refractivity contribution in [2.45, 2.75) is 32.2 Å². The van der Waals surface area contributed by atoms with E-state index in [0.29, 0.717) is 17.9 Å². The van der Waals surface area contributed by atoms with Crippen molar-refractivity contribution in [1.29, 1.82) is 0 Å². The van der Waals surface area contributed by atoms with Gasteiger partial charge in [0.25, 0.3) is 0 Å². The van der Waals surface area contributed by atoms with Crippen LogP contribution in [0.2, 0.25) is 5.02 Å². The summed E-state index contributed by atoms with van der Waals surface area (Å²) in [5, 5.41) is 10.1. The predicted molar refractivity (Wildman–Crippen MR) is 82.7 cm³/mol. The lowest BCUT2D eigenvalue weighted by Crippen LogP contribution is -2.26. The second-order valence-electron chi connectivity index (χ2n) is 5.32. The SMILES string of the molecule is CCn1c(C2CC=CCC2C(=O)O)nc2cccc(Cl)c21. The fraction of sp³-hybridized carbons (Fsp3) is 0.375. The first-order valence-electron chi connectivity index (χ1n) is 7.16. The van der Waals surface area contributed by atoms with Gasteiger partial charge in [0.15, 0.2) is 0 Å². The van der Waals surface area contributed by atoms with Crippen LogP contribution in [0.25, 0.3) is 11.0 Å². The van der Waals surface area contributed by atoms with E-state index in [2.05, 4.69) is 9.55 Å². The summed E-state index contributed by atoms with van der Waals surface area (Å²) in [5.74, 6) is -0.450. The molecule has 1 heterocycles. The summed E-state index contributed by atoms with van der Waals surface area (Å²) in [7, 11) is 0. The number of halogens is 1. The Kier molecular flexibility index (Phi) is 3.72. The molecule has 0 bridgehead atoms. The molecule has 0 spiro atoms. The highest BCUT2D eigenvalue weighted by atomic mass is 35.5. The maximum absolute atomic E-state index is 11.5. The van der Waals surface area contributed by atoms with Gasteiger partial charge in [0.05, 0.1) is 22.0 Å². The summed E-state index contributed by atoms with van der Waals surface area (Å²) in [4.78, 5) is 16.2. The number of benzene rings is 1. The third kappa shape index (κ3) is 2.33. The molecule has 21 heavy (non-hydrogen) atoms. The van der Waals surface area contributed by atoms with Gasteiger partial charge in [-0.15, -0.1) is 0 Å². The number of hydrogen-bond donors (Lipinski definition) is 1. The minimum absolute atomic E-state index is 0.101. The standard InChI is InChI=1S/C16H17ClN2O2/c1-2-19-14-12(17)8-5-9-13(14)18-15(19)10-6-3-4-7-11(10)16(20)21/h3-5,8-11H,2,6-7H2,1H3,(H,20,21). The fourth-order valence-electron chi connectivity index (χ4n) is 3.14. The first-order chi connectivity index (χ1) is 10.1. The van der Waals surface area contributed by atoms with E-state index in [1.807, 2.05) is 37.3 Å². The molecule has 1 aliphatic rings. The van der Waals surface area contributed by atoms with Gasteiger partial charge in [0, 0.05) is 12.5 Å². The second-order valence-corrected chi connectivity index (χ2v) is 5.72. The van der Waals surface area contributed by atoms with Gasteiger partial charge in [0.2, 0.25) is 0 Å². The molecule has 0 radical (unpaired) electrons. The molecule has 1 aromatic carbocycles. The summed E-state index contributed by atoms with van der Waals surface area (Å²) in [6.07, 6.45) is 5.25. The van der Waals surface area contributed by atoms with E-state index in [4.69, 9.17) is 11.6 Å². The van der Waals surface area contributed by atoms with Crippen LogP contribution >= 0.6 is 11.6 Å². The quantitative estimate of drug-likeness (QED) is 0.876. The molecule has 4 nitrogen and oxygen atoms in total. The summed E-state index contributed by atoms with van der Waals surface area (Å²) in [5.41, 5.74) is 1.73. The highest BCUT2D eigenvalue weighted by Gasteiger charge is 2.33. The molecule has 1 N–H and O–H groups in total. The van der Waals surface area contributed by atoms with Gasteiger partial charge in [-0.05, 0) is 31.9 Å². The number of aliphatic carboxylic acids is 1. The summed E-state index contributed by atoms with van der Waals surface area (Å²) >= 11 is 6.30.